The van der Waals surface area contributed by atoms with Crippen LogP contribution in [0.15, 0.2) is 94.3 Å². The number of amides is 2. The second kappa shape index (κ2) is 11.2. The molecule has 1 aliphatic rings. The fourth-order valence-corrected chi connectivity index (χ4v) is 5.30. The lowest BCUT2D eigenvalue weighted by atomic mass is 10.1. The van der Waals surface area contributed by atoms with Crippen LogP contribution in [-0.4, -0.2) is 29.2 Å². The van der Waals surface area contributed by atoms with Gasteiger partial charge in [-0.25, -0.2) is 0 Å². The van der Waals surface area contributed by atoms with Crippen molar-refractivity contribution >= 4 is 55.7 Å². The van der Waals surface area contributed by atoms with Gasteiger partial charge in [0, 0.05) is 10.0 Å². The van der Waals surface area contributed by atoms with Gasteiger partial charge in [-0.3, -0.25) is 14.5 Å². The molecule has 5 nitrogen and oxygen atoms in total. The van der Waals surface area contributed by atoms with Gasteiger partial charge in [-0.1, -0.05) is 76.1 Å². The molecule has 1 aliphatic heterocycles. The third kappa shape index (κ3) is 5.89. The maximum atomic E-state index is 13.0. The number of nitrogens with zero attached hydrogens (tertiary/aromatic N) is 1. The Labute approximate surface area is 228 Å². The van der Waals surface area contributed by atoms with Crippen molar-refractivity contribution in [2.24, 2.45) is 0 Å². The van der Waals surface area contributed by atoms with Crippen LogP contribution in [0.1, 0.15) is 16.7 Å². The number of thioether (sulfide) groups is 1. The summed E-state index contributed by atoms with van der Waals surface area (Å²) in [6.07, 6.45) is 1.72. The molecule has 4 aromatic carbocycles. The SMILES string of the molecule is Cc1ccc(OCCN2C(=O)S/C(=C\c3cc(Br)ccc3OCc3cccc4ccccc34)C2=O)cc1. The lowest BCUT2D eigenvalue weighted by molar-refractivity contribution is -0.123. The Morgan fingerprint density at radius 1 is 0.919 bits per heavy atom. The molecular weight excluding hydrogens is 550 g/mol. The first-order chi connectivity index (χ1) is 18.0. The average molecular weight is 574 g/mol. The van der Waals surface area contributed by atoms with E-state index in [9.17, 15) is 9.59 Å². The normalized spacial score (nSPS) is 14.5. The summed E-state index contributed by atoms with van der Waals surface area (Å²) >= 11 is 4.43. The number of carbonyl (C=O) groups excluding carboxylic acids is 2. The lowest BCUT2D eigenvalue weighted by Crippen LogP contribution is -2.32. The minimum atomic E-state index is -0.331. The second-order valence-electron chi connectivity index (χ2n) is 8.60. The molecule has 1 fully saturated rings. The second-order valence-corrected chi connectivity index (χ2v) is 10.5. The molecule has 5 rings (SSSR count). The van der Waals surface area contributed by atoms with Crippen LogP contribution in [0.5, 0.6) is 11.5 Å². The van der Waals surface area contributed by atoms with E-state index >= 15 is 0 Å². The molecule has 0 unspecified atom stereocenters. The highest BCUT2D eigenvalue weighted by Crippen LogP contribution is 2.35. The Morgan fingerprint density at radius 3 is 2.54 bits per heavy atom. The number of rotatable bonds is 8. The molecule has 0 aromatic heterocycles. The zero-order valence-electron chi connectivity index (χ0n) is 20.1. The summed E-state index contributed by atoms with van der Waals surface area (Å²) in [5.74, 6) is 1.00. The van der Waals surface area contributed by atoms with Gasteiger partial charge in [-0.05, 0) is 71.4 Å². The van der Waals surface area contributed by atoms with E-state index in [1.54, 1.807) is 6.08 Å². The number of fused-ring (bicyclic) bond motifs is 1. The van der Waals surface area contributed by atoms with Crippen LogP contribution in [0, 0.1) is 6.92 Å². The van der Waals surface area contributed by atoms with Gasteiger partial charge in [0.25, 0.3) is 11.1 Å². The van der Waals surface area contributed by atoms with E-state index in [4.69, 9.17) is 9.47 Å². The molecule has 7 heteroatoms. The first-order valence-corrected chi connectivity index (χ1v) is 13.4. The van der Waals surface area contributed by atoms with Gasteiger partial charge in [-0.2, -0.15) is 0 Å². The molecule has 2 amide bonds. The molecular formula is C30H24BrNO4S. The highest BCUT2D eigenvalue weighted by Gasteiger charge is 2.35. The Morgan fingerprint density at radius 2 is 1.70 bits per heavy atom. The van der Waals surface area contributed by atoms with Crippen LogP contribution < -0.4 is 9.47 Å². The summed E-state index contributed by atoms with van der Waals surface area (Å²) < 4.78 is 12.8. The molecule has 0 aliphatic carbocycles. The van der Waals surface area contributed by atoms with E-state index in [1.165, 1.54) is 4.90 Å². The largest absolute Gasteiger partial charge is 0.492 e. The fraction of sp³-hybridized carbons (Fsp3) is 0.133. The average Bonchev–Trinajstić information content (AvgIpc) is 3.16. The molecule has 0 saturated carbocycles. The van der Waals surface area contributed by atoms with Crippen LogP contribution in [0.2, 0.25) is 0 Å². The van der Waals surface area contributed by atoms with Crippen molar-refractivity contribution in [1.29, 1.82) is 0 Å². The number of aryl methyl sites for hydroxylation is 1. The Balaban J connectivity index is 1.30. The van der Waals surface area contributed by atoms with Crippen molar-refractivity contribution in [3.8, 4) is 11.5 Å². The molecule has 0 radical (unpaired) electrons. The summed E-state index contributed by atoms with van der Waals surface area (Å²) in [6.45, 7) is 2.78. The Bertz CT molecular complexity index is 1490. The number of ether oxygens (including phenoxy) is 2. The van der Waals surface area contributed by atoms with Gasteiger partial charge in [0.1, 0.15) is 24.7 Å². The molecule has 1 saturated heterocycles. The number of hydrogen-bond donors (Lipinski definition) is 0. The first kappa shape index (κ1) is 25.1. The van der Waals surface area contributed by atoms with Gasteiger partial charge in [0.05, 0.1) is 11.4 Å². The molecule has 0 N–H and O–H groups in total. The number of benzene rings is 4. The van der Waals surface area contributed by atoms with Crippen molar-refractivity contribution < 1.29 is 19.1 Å². The number of carbonyl (C=O) groups is 2. The predicted octanol–water partition coefficient (Wildman–Crippen LogP) is 7.61. The van der Waals surface area contributed by atoms with Gasteiger partial charge in [0.2, 0.25) is 0 Å². The van der Waals surface area contributed by atoms with E-state index in [1.807, 2.05) is 73.7 Å². The van der Waals surface area contributed by atoms with Crippen LogP contribution in [0.4, 0.5) is 4.79 Å². The molecule has 186 valence electrons. The summed E-state index contributed by atoms with van der Waals surface area (Å²) in [5, 5.41) is 1.98. The lowest BCUT2D eigenvalue weighted by Gasteiger charge is -2.13. The maximum absolute atomic E-state index is 13.0. The van der Waals surface area contributed by atoms with Crippen molar-refractivity contribution in [3.63, 3.8) is 0 Å². The molecule has 0 bridgehead atoms. The van der Waals surface area contributed by atoms with E-state index in [2.05, 4.69) is 34.1 Å². The Hall–Kier alpha value is -3.55. The van der Waals surface area contributed by atoms with Crippen molar-refractivity contribution in [3.05, 3.63) is 111 Å². The summed E-state index contributed by atoms with van der Waals surface area (Å²) in [6, 6.07) is 27.6. The first-order valence-electron chi connectivity index (χ1n) is 11.8. The molecule has 0 atom stereocenters. The van der Waals surface area contributed by atoms with Gasteiger partial charge >= 0.3 is 0 Å². The zero-order valence-corrected chi connectivity index (χ0v) is 22.6. The van der Waals surface area contributed by atoms with Gasteiger partial charge in [0.15, 0.2) is 0 Å². The topological polar surface area (TPSA) is 55.8 Å². The van der Waals surface area contributed by atoms with Gasteiger partial charge in [-0.15, -0.1) is 0 Å². The minimum absolute atomic E-state index is 0.179. The van der Waals surface area contributed by atoms with E-state index in [-0.39, 0.29) is 24.3 Å². The summed E-state index contributed by atoms with van der Waals surface area (Å²) in [5.41, 5.74) is 2.92. The van der Waals surface area contributed by atoms with Crippen molar-refractivity contribution in [2.75, 3.05) is 13.2 Å². The van der Waals surface area contributed by atoms with Crippen molar-refractivity contribution in [1.82, 2.24) is 4.90 Å². The quantitative estimate of drug-likeness (QED) is 0.203. The summed E-state index contributed by atoms with van der Waals surface area (Å²) in [4.78, 5) is 27.2. The third-order valence-electron chi connectivity index (χ3n) is 6.00. The van der Waals surface area contributed by atoms with E-state index < -0.39 is 0 Å². The highest BCUT2D eigenvalue weighted by molar-refractivity contribution is 9.10. The van der Waals surface area contributed by atoms with Crippen LogP contribution >= 0.6 is 27.7 Å². The fourth-order valence-electron chi connectivity index (χ4n) is 4.06. The number of imide groups is 1. The number of halogens is 1. The molecule has 37 heavy (non-hydrogen) atoms. The summed E-state index contributed by atoms with van der Waals surface area (Å²) in [7, 11) is 0. The van der Waals surface area contributed by atoms with Crippen LogP contribution in [-0.2, 0) is 11.4 Å². The zero-order chi connectivity index (χ0) is 25.8. The molecule has 0 spiro atoms. The predicted molar refractivity (Wildman–Crippen MR) is 152 cm³/mol. The third-order valence-corrected chi connectivity index (χ3v) is 7.40. The standard InChI is InChI=1S/C30H24BrNO4S/c1-20-9-12-25(13-10-20)35-16-15-32-29(33)28(37-30(32)34)18-23-17-24(31)11-14-27(23)36-19-22-7-4-6-21-5-2-3-8-26(21)22/h2-14,17-18H,15-16,19H2,1H3/b28-18-. The highest BCUT2D eigenvalue weighted by atomic mass is 79.9. The van der Waals surface area contributed by atoms with Crippen molar-refractivity contribution in [2.45, 2.75) is 13.5 Å². The van der Waals surface area contributed by atoms with Crippen LogP contribution in [0.25, 0.3) is 16.8 Å². The Kier molecular flexibility index (Phi) is 7.63. The maximum Gasteiger partial charge on any atom is 0.293 e. The molecule has 4 aromatic rings. The van der Waals surface area contributed by atoms with Crippen LogP contribution in [0.3, 0.4) is 0 Å². The van der Waals surface area contributed by atoms with Gasteiger partial charge < -0.3 is 9.47 Å². The number of hydrogen-bond acceptors (Lipinski definition) is 5. The monoisotopic (exact) mass is 573 g/mol. The molecule has 1 heterocycles. The van der Waals surface area contributed by atoms with E-state index in [0.717, 1.165) is 43.7 Å². The minimum Gasteiger partial charge on any atom is -0.492 e. The smallest absolute Gasteiger partial charge is 0.293 e. The van der Waals surface area contributed by atoms with E-state index in [0.29, 0.717) is 23.0 Å².